The molecule has 0 aromatic carbocycles. The maximum atomic E-state index is 11.3. The van der Waals surface area contributed by atoms with Crippen molar-refractivity contribution < 1.29 is 4.79 Å². The molecule has 2 atom stereocenters. The molecule has 1 heterocycles. The Balaban J connectivity index is 1.91. The molecule has 0 spiro atoms. The van der Waals surface area contributed by atoms with Gasteiger partial charge in [0.25, 0.3) is 0 Å². The van der Waals surface area contributed by atoms with Crippen molar-refractivity contribution >= 4 is 11.6 Å². The van der Waals surface area contributed by atoms with E-state index in [4.69, 9.17) is 0 Å². The number of carbonyl (C=O) groups excluding carboxylic acids is 1. The molecule has 116 valence electrons. The minimum Gasteiger partial charge on any atom is -0.380 e. The van der Waals surface area contributed by atoms with Gasteiger partial charge in [0.1, 0.15) is 6.54 Å². The Hall–Kier alpha value is -1.78. The summed E-state index contributed by atoms with van der Waals surface area (Å²) in [5.41, 5.74) is 4.07. The lowest BCUT2D eigenvalue weighted by molar-refractivity contribution is -0.121. The van der Waals surface area contributed by atoms with Gasteiger partial charge >= 0.3 is 0 Å². The number of nitrogens with one attached hydrogen (secondary N) is 2. The van der Waals surface area contributed by atoms with Crippen LogP contribution < -0.4 is 10.6 Å². The van der Waals surface area contributed by atoms with Crippen LogP contribution in [0.2, 0.25) is 0 Å². The van der Waals surface area contributed by atoms with E-state index in [-0.39, 0.29) is 12.5 Å². The Morgan fingerprint density at radius 2 is 2.24 bits per heavy atom. The SMILES string of the molecule is CNC(=O)Cn1cc(N[C@@H](C)[C@@H]2CCC(C)=C(C)C2)cn1. The molecule has 0 fully saturated rings. The molecule has 0 saturated carbocycles. The fourth-order valence-electron chi connectivity index (χ4n) is 2.84. The van der Waals surface area contributed by atoms with E-state index in [0.29, 0.717) is 12.0 Å². The van der Waals surface area contributed by atoms with Gasteiger partial charge in [-0.3, -0.25) is 9.48 Å². The Labute approximate surface area is 126 Å². The number of hydrogen-bond acceptors (Lipinski definition) is 3. The van der Waals surface area contributed by atoms with E-state index in [0.717, 1.165) is 5.69 Å². The van der Waals surface area contributed by atoms with E-state index in [1.54, 1.807) is 23.5 Å². The quantitative estimate of drug-likeness (QED) is 0.819. The van der Waals surface area contributed by atoms with Gasteiger partial charge in [-0.2, -0.15) is 5.10 Å². The number of hydrogen-bond donors (Lipinski definition) is 2. The molecule has 1 aliphatic rings. The number of nitrogens with zero attached hydrogens (tertiary/aromatic N) is 2. The molecule has 0 bridgehead atoms. The summed E-state index contributed by atoms with van der Waals surface area (Å²) in [6.45, 7) is 6.98. The van der Waals surface area contributed by atoms with Crippen LogP contribution in [0.15, 0.2) is 23.5 Å². The highest BCUT2D eigenvalue weighted by Gasteiger charge is 2.22. The number of rotatable bonds is 5. The van der Waals surface area contributed by atoms with E-state index in [1.165, 1.54) is 24.8 Å². The number of allylic oxidation sites excluding steroid dienone is 2. The lowest BCUT2D eigenvalue weighted by Gasteiger charge is -2.30. The predicted molar refractivity (Wildman–Crippen MR) is 85.1 cm³/mol. The summed E-state index contributed by atoms with van der Waals surface area (Å²) >= 11 is 0. The first kappa shape index (κ1) is 15.6. The van der Waals surface area contributed by atoms with E-state index >= 15 is 0 Å². The summed E-state index contributed by atoms with van der Waals surface area (Å²) in [6, 6.07) is 0.408. The van der Waals surface area contributed by atoms with Crippen molar-refractivity contribution in [2.45, 2.75) is 52.6 Å². The second-order valence-corrected chi connectivity index (χ2v) is 6.10. The third-order valence-corrected chi connectivity index (χ3v) is 4.51. The minimum atomic E-state index is -0.0405. The van der Waals surface area contributed by atoms with Crippen LogP contribution in [-0.4, -0.2) is 28.8 Å². The highest BCUT2D eigenvalue weighted by molar-refractivity contribution is 5.75. The van der Waals surface area contributed by atoms with Crippen molar-refractivity contribution in [3.8, 4) is 0 Å². The first-order valence-corrected chi connectivity index (χ1v) is 7.64. The largest absolute Gasteiger partial charge is 0.380 e. The molecule has 2 N–H and O–H groups in total. The maximum absolute atomic E-state index is 11.3. The third-order valence-electron chi connectivity index (χ3n) is 4.51. The van der Waals surface area contributed by atoms with Crippen LogP contribution in [0.25, 0.3) is 0 Å². The second kappa shape index (κ2) is 6.78. The van der Waals surface area contributed by atoms with E-state index in [2.05, 4.69) is 36.5 Å². The molecule has 5 heteroatoms. The molecule has 1 aromatic heterocycles. The highest BCUT2D eigenvalue weighted by atomic mass is 16.1. The topological polar surface area (TPSA) is 59.0 Å². The van der Waals surface area contributed by atoms with Crippen molar-refractivity contribution in [1.29, 1.82) is 0 Å². The number of likely N-dealkylation sites (N-methyl/N-ethyl adjacent to an activating group) is 1. The van der Waals surface area contributed by atoms with Gasteiger partial charge in [-0.25, -0.2) is 0 Å². The summed E-state index contributed by atoms with van der Waals surface area (Å²) in [5, 5.41) is 10.3. The Kier molecular flexibility index (Phi) is 5.04. The molecule has 0 aliphatic heterocycles. The number of carbonyl (C=O) groups is 1. The molecule has 0 saturated heterocycles. The van der Waals surface area contributed by atoms with Crippen LogP contribution in [0.4, 0.5) is 5.69 Å². The fraction of sp³-hybridized carbons (Fsp3) is 0.625. The third kappa shape index (κ3) is 4.09. The fourth-order valence-corrected chi connectivity index (χ4v) is 2.84. The Morgan fingerprint density at radius 3 is 2.90 bits per heavy atom. The normalized spacial score (nSPS) is 20.3. The summed E-state index contributed by atoms with van der Waals surface area (Å²) in [6.07, 6.45) is 7.30. The van der Waals surface area contributed by atoms with Gasteiger partial charge in [0.15, 0.2) is 0 Å². The molecule has 1 amide bonds. The molecular weight excluding hydrogens is 264 g/mol. The van der Waals surface area contributed by atoms with Crippen LogP contribution in [0.1, 0.15) is 40.0 Å². The number of amides is 1. The Morgan fingerprint density at radius 1 is 1.48 bits per heavy atom. The van der Waals surface area contributed by atoms with E-state index < -0.39 is 0 Å². The predicted octanol–water partition coefficient (Wildman–Crippen LogP) is 2.57. The zero-order valence-corrected chi connectivity index (χ0v) is 13.4. The molecule has 0 unspecified atom stereocenters. The highest BCUT2D eigenvalue weighted by Crippen LogP contribution is 2.31. The monoisotopic (exact) mass is 290 g/mol. The van der Waals surface area contributed by atoms with Gasteiger partial charge in [-0.15, -0.1) is 0 Å². The zero-order chi connectivity index (χ0) is 15.4. The lowest BCUT2D eigenvalue weighted by atomic mass is 9.81. The second-order valence-electron chi connectivity index (χ2n) is 6.10. The number of aromatic nitrogens is 2. The van der Waals surface area contributed by atoms with Crippen LogP contribution in [0.5, 0.6) is 0 Å². The summed E-state index contributed by atoms with van der Waals surface area (Å²) < 4.78 is 1.66. The van der Waals surface area contributed by atoms with Gasteiger partial charge in [0.05, 0.1) is 11.9 Å². The lowest BCUT2D eigenvalue weighted by Crippen LogP contribution is -2.28. The summed E-state index contributed by atoms with van der Waals surface area (Å²) in [7, 11) is 1.63. The van der Waals surface area contributed by atoms with Gasteiger partial charge in [-0.1, -0.05) is 11.1 Å². The van der Waals surface area contributed by atoms with Gasteiger partial charge in [0, 0.05) is 19.3 Å². The summed E-state index contributed by atoms with van der Waals surface area (Å²) in [4.78, 5) is 11.3. The van der Waals surface area contributed by atoms with Crippen molar-refractivity contribution in [2.75, 3.05) is 12.4 Å². The average Bonchev–Trinajstić information content (AvgIpc) is 2.88. The zero-order valence-electron chi connectivity index (χ0n) is 13.4. The van der Waals surface area contributed by atoms with Crippen molar-refractivity contribution in [1.82, 2.24) is 15.1 Å². The van der Waals surface area contributed by atoms with Crippen LogP contribution >= 0.6 is 0 Å². The van der Waals surface area contributed by atoms with Crippen molar-refractivity contribution in [3.05, 3.63) is 23.5 Å². The van der Waals surface area contributed by atoms with Crippen molar-refractivity contribution in [2.24, 2.45) is 5.92 Å². The van der Waals surface area contributed by atoms with Gasteiger partial charge in [0.2, 0.25) is 5.91 Å². The van der Waals surface area contributed by atoms with Gasteiger partial charge in [-0.05, 0) is 46.0 Å². The average molecular weight is 290 g/mol. The molecule has 1 aromatic rings. The first-order valence-electron chi connectivity index (χ1n) is 7.64. The van der Waals surface area contributed by atoms with Crippen LogP contribution in [0.3, 0.4) is 0 Å². The van der Waals surface area contributed by atoms with E-state index in [9.17, 15) is 4.79 Å². The van der Waals surface area contributed by atoms with E-state index in [1.807, 2.05) is 6.20 Å². The molecule has 5 nitrogen and oxygen atoms in total. The number of anilines is 1. The summed E-state index contributed by atoms with van der Waals surface area (Å²) in [5.74, 6) is 0.622. The standard InChI is InChI=1S/C16H26N4O/c1-11-5-6-14(7-12(11)2)13(3)19-15-8-18-20(9-15)10-16(21)17-4/h8-9,13-14,19H,5-7,10H2,1-4H3,(H,17,21)/t13-,14+/m0/s1. The van der Waals surface area contributed by atoms with Crippen LogP contribution in [0, 0.1) is 5.92 Å². The minimum absolute atomic E-state index is 0.0405. The maximum Gasteiger partial charge on any atom is 0.241 e. The van der Waals surface area contributed by atoms with Gasteiger partial charge < -0.3 is 10.6 Å². The van der Waals surface area contributed by atoms with Crippen LogP contribution in [-0.2, 0) is 11.3 Å². The Bertz CT molecular complexity index is 532. The first-order chi connectivity index (χ1) is 9.99. The molecular formula is C16H26N4O. The molecule has 21 heavy (non-hydrogen) atoms. The molecule has 0 radical (unpaired) electrons. The molecule has 2 rings (SSSR count). The smallest absolute Gasteiger partial charge is 0.241 e. The molecule has 1 aliphatic carbocycles. The van der Waals surface area contributed by atoms with Crippen molar-refractivity contribution in [3.63, 3.8) is 0 Å².